The van der Waals surface area contributed by atoms with Gasteiger partial charge in [-0.05, 0) is 29.8 Å². The van der Waals surface area contributed by atoms with Crippen LogP contribution in [0.15, 0.2) is 48.5 Å². The van der Waals surface area contributed by atoms with E-state index in [4.69, 9.17) is 9.47 Å². The van der Waals surface area contributed by atoms with Crippen LogP contribution in [0.3, 0.4) is 0 Å². The van der Waals surface area contributed by atoms with Crippen molar-refractivity contribution >= 4 is 11.6 Å². The third kappa shape index (κ3) is 3.56. The fourth-order valence-electron chi connectivity index (χ4n) is 2.40. The second-order valence-electron chi connectivity index (χ2n) is 5.65. The highest BCUT2D eigenvalue weighted by atomic mass is 16.6. The number of carbonyl (C=O) groups is 1. The van der Waals surface area contributed by atoms with Crippen molar-refractivity contribution in [2.75, 3.05) is 25.6 Å². The van der Waals surface area contributed by atoms with Crippen LogP contribution in [0, 0.1) is 0 Å². The molecule has 0 saturated carbocycles. The molecule has 2 aromatic carbocycles. The molecular weight excluding hydrogens is 292 g/mol. The number of rotatable bonds is 4. The van der Waals surface area contributed by atoms with Gasteiger partial charge in [0.25, 0.3) is 5.91 Å². The summed E-state index contributed by atoms with van der Waals surface area (Å²) in [6, 6.07) is 15.4. The van der Waals surface area contributed by atoms with Crippen LogP contribution < -0.4 is 19.7 Å². The summed E-state index contributed by atoms with van der Waals surface area (Å²) in [6.07, 6.45) is -0.623. The molecule has 1 amide bonds. The maximum Gasteiger partial charge on any atom is 0.264 e. The lowest BCUT2D eigenvalue weighted by Crippen LogP contribution is -2.43. The Balaban J connectivity index is 1.59. The number of hydrogen-bond acceptors (Lipinski definition) is 4. The highest BCUT2D eigenvalue weighted by Crippen LogP contribution is 2.30. The first kappa shape index (κ1) is 15.2. The molecule has 0 aromatic heterocycles. The van der Waals surface area contributed by atoms with Crippen LogP contribution in [0.4, 0.5) is 5.69 Å². The predicted molar refractivity (Wildman–Crippen MR) is 89.0 cm³/mol. The number of para-hydroxylation sites is 2. The number of hydrogen-bond donors (Lipinski definition) is 1. The number of ether oxygens (including phenoxy) is 2. The van der Waals surface area contributed by atoms with E-state index in [0.717, 1.165) is 11.3 Å². The van der Waals surface area contributed by atoms with Gasteiger partial charge in [0.1, 0.15) is 6.61 Å². The molecule has 0 aliphatic carbocycles. The van der Waals surface area contributed by atoms with Crippen molar-refractivity contribution < 1.29 is 14.3 Å². The van der Waals surface area contributed by atoms with E-state index in [-0.39, 0.29) is 12.5 Å². The Kier molecular flexibility index (Phi) is 4.37. The van der Waals surface area contributed by atoms with Gasteiger partial charge in [0, 0.05) is 26.3 Å². The molecule has 1 heterocycles. The minimum absolute atomic E-state index is 0.172. The van der Waals surface area contributed by atoms with Crippen molar-refractivity contribution in [2.45, 2.75) is 12.6 Å². The molecule has 5 nitrogen and oxygen atoms in total. The third-order valence-electron chi connectivity index (χ3n) is 3.69. The van der Waals surface area contributed by atoms with Gasteiger partial charge in [0.05, 0.1) is 0 Å². The molecule has 0 fully saturated rings. The number of anilines is 1. The van der Waals surface area contributed by atoms with Crippen molar-refractivity contribution in [3.8, 4) is 11.5 Å². The van der Waals surface area contributed by atoms with Crippen LogP contribution in [0.2, 0.25) is 0 Å². The Labute approximate surface area is 135 Å². The molecular formula is C18H20N2O3. The van der Waals surface area contributed by atoms with Gasteiger partial charge in [-0.1, -0.05) is 24.3 Å². The summed E-state index contributed by atoms with van der Waals surface area (Å²) in [5.74, 6) is 1.11. The molecule has 120 valence electrons. The second kappa shape index (κ2) is 6.60. The smallest absolute Gasteiger partial charge is 0.264 e. The molecule has 1 atom stereocenters. The van der Waals surface area contributed by atoms with Gasteiger partial charge in [0.2, 0.25) is 6.10 Å². The zero-order valence-electron chi connectivity index (χ0n) is 13.3. The summed E-state index contributed by atoms with van der Waals surface area (Å²) in [6.45, 7) is 0.683. The number of nitrogens with one attached hydrogen (secondary N) is 1. The summed E-state index contributed by atoms with van der Waals surface area (Å²) >= 11 is 0. The van der Waals surface area contributed by atoms with Crippen molar-refractivity contribution in [3.63, 3.8) is 0 Å². The highest BCUT2D eigenvalue weighted by Gasteiger charge is 2.26. The van der Waals surface area contributed by atoms with Crippen LogP contribution in [0.25, 0.3) is 0 Å². The summed E-state index contributed by atoms with van der Waals surface area (Å²) in [5, 5.41) is 2.90. The molecule has 1 N–H and O–H groups in total. The van der Waals surface area contributed by atoms with Crippen LogP contribution in [-0.4, -0.2) is 32.7 Å². The Hall–Kier alpha value is -2.69. The maximum absolute atomic E-state index is 12.3. The van der Waals surface area contributed by atoms with E-state index in [1.54, 1.807) is 6.07 Å². The zero-order valence-corrected chi connectivity index (χ0v) is 13.3. The summed E-state index contributed by atoms with van der Waals surface area (Å²) in [7, 11) is 3.98. The topological polar surface area (TPSA) is 50.8 Å². The maximum atomic E-state index is 12.3. The SMILES string of the molecule is CN(C)c1cccc(CNC(=O)[C@@H]2COc3ccccc3O2)c1. The van der Waals surface area contributed by atoms with Crippen LogP contribution in [0.1, 0.15) is 5.56 Å². The van der Waals surface area contributed by atoms with E-state index in [9.17, 15) is 4.79 Å². The van der Waals surface area contributed by atoms with Crippen molar-refractivity contribution in [1.82, 2.24) is 5.32 Å². The van der Waals surface area contributed by atoms with E-state index < -0.39 is 6.10 Å². The van der Waals surface area contributed by atoms with E-state index in [2.05, 4.69) is 5.32 Å². The quantitative estimate of drug-likeness (QED) is 0.940. The van der Waals surface area contributed by atoms with Crippen molar-refractivity contribution in [3.05, 3.63) is 54.1 Å². The van der Waals surface area contributed by atoms with Gasteiger partial charge in [0.15, 0.2) is 11.5 Å². The minimum Gasteiger partial charge on any atom is -0.485 e. The lowest BCUT2D eigenvalue weighted by Gasteiger charge is -2.25. The summed E-state index contributed by atoms with van der Waals surface area (Å²) < 4.78 is 11.3. The van der Waals surface area contributed by atoms with Gasteiger partial charge in [-0.2, -0.15) is 0 Å². The number of fused-ring (bicyclic) bond motifs is 1. The molecule has 0 bridgehead atoms. The number of amides is 1. The van der Waals surface area contributed by atoms with E-state index in [1.807, 2.05) is 61.5 Å². The Morgan fingerprint density at radius 1 is 1.17 bits per heavy atom. The average Bonchev–Trinajstić information content (AvgIpc) is 2.59. The van der Waals surface area contributed by atoms with Crippen molar-refractivity contribution in [1.29, 1.82) is 0 Å². The highest BCUT2D eigenvalue weighted by molar-refractivity contribution is 5.81. The van der Waals surface area contributed by atoms with Gasteiger partial charge < -0.3 is 19.7 Å². The molecule has 5 heteroatoms. The fraction of sp³-hybridized carbons (Fsp3) is 0.278. The van der Waals surface area contributed by atoms with Gasteiger partial charge in [-0.25, -0.2) is 0 Å². The Morgan fingerprint density at radius 3 is 2.74 bits per heavy atom. The second-order valence-corrected chi connectivity index (χ2v) is 5.65. The Morgan fingerprint density at radius 2 is 1.96 bits per heavy atom. The zero-order chi connectivity index (χ0) is 16.2. The molecule has 0 radical (unpaired) electrons. The summed E-state index contributed by atoms with van der Waals surface area (Å²) in [5.41, 5.74) is 2.14. The lowest BCUT2D eigenvalue weighted by atomic mass is 10.2. The Bertz CT molecular complexity index is 700. The van der Waals surface area contributed by atoms with Gasteiger partial charge in [-0.15, -0.1) is 0 Å². The number of benzene rings is 2. The largest absolute Gasteiger partial charge is 0.485 e. The molecule has 0 unspecified atom stereocenters. The van der Waals surface area contributed by atoms with Gasteiger partial charge in [-0.3, -0.25) is 4.79 Å². The van der Waals surface area contributed by atoms with Crippen LogP contribution in [-0.2, 0) is 11.3 Å². The standard InChI is InChI=1S/C18H20N2O3/c1-20(2)14-7-5-6-13(10-14)11-19-18(21)17-12-22-15-8-3-4-9-16(15)23-17/h3-10,17H,11-12H2,1-2H3,(H,19,21)/t17-/m0/s1. The molecule has 0 saturated heterocycles. The normalized spacial score (nSPS) is 15.8. The molecule has 2 aromatic rings. The van der Waals surface area contributed by atoms with Crippen LogP contribution >= 0.6 is 0 Å². The lowest BCUT2D eigenvalue weighted by molar-refractivity contribution is -0.130. The van der Waals surface area contributed by atoms with Crippen LogP contribution in [0.5, 0.6) is 11.5 Å². The molecule has 3 rings (SSSR count). The predicted octanol–water partition coefficient (Wildman–Crippen LogP) is 2.21. The first-order valence-electron chi connectivity index (χ1n) is 7.56. The summed E-state index contributed by atoms with van der Waals surface area (Å²) in [4.78, 5) is 14.3. The molecule has 1 aliphatic heterocycles. The first-order chi connectivity index (χ1) is 11.1. The molecule has 0 spiro atoms. The van der Waals surface area contributed by atoms with Crippen molar-refractivity contribution in [2.24, 2.45) is 0 Å². The third-order valence-corrected chi connectivity index (χ3v) is 3.69. The van der Waals surface area contributed by atoms with Gasteiger partial charge >= 0.3 is 0 Å². The van der Waals surface area contributed by atoms with E-state index >= 15 is 0 Å². The fourth-order valence-corrected chi connectivity index (χ4v) is 2.40. The van der Waals surface area contributed by atoms with E-state index in [0.29, 0.717) is 18.0 Å². The first-order valence-corrected chi connectivity index (χ1v) is 7.56. The minimum atomic E-state index is -0.623. The average molecular weight is 312 g/mol. The molecule has 23 heavy (non-hydrogen) atoms. The van der Waals surface area contributed by atoms with E-state index in [1.165, 1.54) is 0 Å². The molecule has 1 aliphatic rings. The number of carbonyl (C=O) groups excluding carboxylic acids is 1. The monoisotopic (exact) mass is 312 g/mol. The number of nitrogens with zero attached hydrogens (tertiary/aromatic N) is 1.